The maximum Gasteiger partial charge on any atom is 0.472 e. The molecule has 6 N–H and O–H groups in total. The van der Waals surface area contributed by atoms with Crippen LogP contribution < -0.4 is 11.1 Å². The van der Waals surface area contributed by atoms with Gasteiger partial charge in [0.1, 0.15) is 0 Å². The number of nitrogens with two attached hydrogens (primary N) is 1. The maximum atomic E-state index is 12.7. The van der Waals surface area contributed by atoms with E-state index in [1.165, 1.54) is 96.3 Å². The van der Waals surface area contributed by atoms with Gasteiger partial charge >= 0.3 is 7.82 Å². The van der Waals surface area contributed by atoms with Crippen molar-refractivity contribution in [1.29, 1.82) is 0 Å². The summed E-state index contributed by atoms with van der Waals surface area (Å²) in [6.07, 6.45) is 31.2. The van der Waals surface area contributed by atoms with E-state index in [9.17, 15) is 24.5 Å². The molecule has 0 bridgehead atoms. The summed E-state index contributed by atoms with van der Waals surface area (Å²) in [5.41, 5.74) is 5.33. The molecule has 0 fully saturated rings. The van der Waals surface area contributed by atoms with Crippen molar-refractivity contribution >= 4 is 13.7 Å². The topological polar surface area (TPSA) is 151 Å². The van der Waals surface area contributed by atoms with Gasteiger partial charge in [0, 0.05) is 6.54 Å². The van der Waals surface area contributed by atoms with Gasteiger partial charge in [-0.25, -0.2) is 4.57 Å². The summed E-state index contributed by atoms with van der Waals surface area (Å²) in [6.45, 7) is 3.91. The molecule has 0 aliphatic rings. The molecular formula is C36H71N2O7P. The molecule has 0 heterocycles. The smallest absolute Gasteiger partial charge is 0.393 e. The molecule has 4 unspecified atom stereocenters. The number of carbonyl (C=O) groups is 1. The fourth-order valence-electron chi connectivity index (χ4n) is 5.25. The number of amides is 1. The number of carbonyl (C=O) groups excluding carboxylic acids is 1. The molecule has 0 saturated heterocycles. The number of hydrogen-bond donors (Lipinski definition) is 5. The minimum Gasteiger partial charge on any atom is -0.393 e. The number of allylic oxidation sites excluding steroid dienone is 3. The highest BCUT2D eigenvalue weighted by Crippen LogP contribution is 2.43. The molecular weight excluding hydrogens is 603 g/mol. The molecule has 0 aromatic heterocycles. The molecule has 10 heteroatoms. The van der Waals surface area contributed by atoms with Gasteiger partial charge in [-0.15, -0.1) is 0 Å². The average Bonchev–Trinajstić information content (AvgIpc) is 3.03. The van der Waals surface area contributed by atoms with Gasteiger partial charge in [-0.05, 0) is 32.1 Å². The molecule has 0 aromatic carbocycles. The summed E-state index contributed by atoms with van der Waals surface area (Å²) in [7, 11) is -4.39. The summed E-state index contributed by atoms with van der Waals surface area (Å²) in [5.74, 6) is -0.458. The number of nitrogens with one attached hydrogen (secondary N) is 1. The third-order valence-electron chi connectivity index (χ3n) is 8.08. The Morgan fingerprint density at radius 3 is 1.80 bits per heavy atom. The molecule has 0 saturated carbocycles. The van der Waals surface area contributed by atoms with E-state index in [1.54, 1.807) is 6.08 Å². The standard InChI is InChI=1S/C36H71N2O7P/c1-3-5-7-9-11-13-15-17-19-21-23-25-27-33(39)31-36(41)38-34(32-45-46(42,43)44-30-29-37)35(40)28-26-24-22-20-18-16-14-12-10-8-6-4-2/h18,20,26,28,33-35,39-40H,3-17,19,21-25,27,29-32,37H2,1-2H3,(H,38,41)(H,42,43)/b20-18+,28-26+. The van der Waals surface area contributed by atoms with Crippen molar-refractivity contribution in [3.05, 3.63) is 24.3 Å². The van der Waals surface area contributed by atoms with Gasteiger partial charge in [0.15, 0.2) is 0 Å². The second-order valence-electron chi connectivity index (χ2n) is 12.6. The number of aliphatic hydroxyl groups is 2. The Morgan fingerprint density at radius 2 is 1.24 bits per heavy atom. The van der Waals surface area contributed by atoms with Crippen LogP contribution in [0.5, 0.6) is 0 Å². The molecule has 0 aliphatic carbocycles. The van der Waals surface area contributed by atoms with Gasteiger partial charge < -0.3 is 26.2 Å². The first kappa shape index (κ1) is 44.9. The van der Waals surface area contributed by atoms with E-state index in [1.807, 2.05) is 6.08 Å². The number of phosphoric ester groups is 1. The second kappa shape index (κ2) is 32.5. The van der Waals surface area contributed by atoms with E-state index >= 15 is 0 Å². The van der Waals surface area contributed by atoms with Crippen LogP contribution in [0, 0.1) is 0 Å². The summed E-state index contributed by atoms with van der Waals surface area (Å²) >= 11 is 0. The van der Waals surface area contributed by atoms with E-state index in [0.717, 1.165) is 32.1 Å². The Bertz CT molecular complexity index is 796. The molecule has 0 rings (SSSR count). The molecule has 0 aliphatic heterocycles. The minimum absolute atomic E-state index is 0.0456. The first-order chi connectivity index (χ1) is 22.3. The van der Waals surface area contributed by atoms with Crippen molar-refractivity contribution in [3.8, 4) is 0 Å². The molecule has 46 heavy (non-hydrogen) atoms. The van der Waals surface area contributed by atoms with E-state index in [2.05, 4.69) is 31.3 Å². The molecule has 1 amide bonds. The van der Waals surface area contributed by atoms with E-state index in [-0.39, 0.29) is 19.6 Å². The van der Waals surface area contributed by atoms with Crippen LogP contribution in [0.1, 0.15) is 162 Å². The zero-order chi connectivity index (χ0) is 34.1. The number of hydrogen-bond acceptors (Lipinski definition) is 7. The maximum absolute atomic E-state index is 12.7. The monoisotopic (exact) mass is 674 g/mol. The van der Waals surface area contributed by atoms with Crippen LogP contribution in [-0.4, -0.2) is 59.0 Å². The predicted octanol–water partition coefficient (Wildman–Crippen LogP) is 8.41. The first-order valence-corrected chi connectivity index (χ1v) is 20.0. The summed E-state index contributed by atoms with van der Waals surface area (Å²) in [5, 5.41) is 23.8. The van der Waals surface area contributed by atoms with Gasteiger partial charge in [-0.2, -0.15) is 0 Å². The van der Waals surface area contributed by atoms with Crippen LogP contribution in [0.15, 0.2) is 24.3 Å². The zero-order valence-corrected chi connectivity index (χ0v) is 30.3. The largest absolute Gasteiger partial charge is 0.472 e. The van der Waals surface area contributed by atoms with Crippen LogP contribution in [0.2, 0.25) is 0 Å². The minimum atomic E-state index is -4.39. The van der Waals surface area contributed by atoms with Crippen molar-refractivity contribution in [2.45, 2.75) is 180 Å². The van der Waals surface area contributed by atoms with Crippen LogP contribution in [0.4, 0.5) is 0 Å². The lowest BCUT2D eigenvalue weighted by atomic mass is 10.0. The van der Waals surface area contributed by atoms with Crippen molar-refractivity contribution in [2.24, 2.45) is 5.73 Å². The number of rotatable bonds is 34. The van der Waals surface area contributed by atoms with Crippen LogP contribution >= 0.6 is 7.82 Å². The number of unbranched alkanes of at least 4 members (excludes halogenated alkanes) is 18. The Hall–Kier alpha value is -1.06. The highest BCUT2D eigenvalue weighted by Gasteiger charge is 2.27. The lowest BCUT2D eigenvalue weighted by Gasteiger charge is -2.24. The van der Waals surface area contributed by atoms with Gasteiger partial charge in [0.05, 0.1) is 37.9 Å². The van der Waals surface area contributed by atoms with Crippen LogP contribution in [0.25, 0.3) is 0 Å². The number of aliphatic hydroxyl groups excluding tert-OH is 2. The quantitative estimate of drug-likeness (QED) is 0.0259. The van der Waals surface area contributed by atoms with Gasteiger partial charge in [0.2, 0.25) is 5.91 Å². The number of phosphoric acid groups is 1. The van der Waals surface area contributed by atoms with E-state index in [4.69, 9.17) is 14.8 Å². The highest BCUT2D eigenvalue weighted by molar-refractivity contribution is 7.47. The first-order valence-electron chi connectivity index (χ1n) is 18.5. The van der Waals surface area contributed by atoms with Crippen LogP contribution in [-0.2, 0) is 18.4 Å². The summed E-state index contributed by atoms with van der Waals surface area (Å²) < 4.78 is 21.9. The lowest BCUT2D eigenvalue weighted by Crippen LogP contribution is -2.46. The normalized spacial score (nSPS) is 15.3. The SMILES string of the molecule is CCCCCCCC/C=C/CC/C=C/C(O)C(COP(=O)(O)OCCN)NC(=O)CC(O)CCCCCCCCCCCCCC. The summed E-state index contributed by atoms with van der Waals surface area (Å²) in [4.78, 5) is 22.6. The van der Waals surface area contributed by atoms with Gasteiger partial charge in [-0.1, -0.05) is 147 Å². The van der Waals surface area contributed by atoms with Crippen molar-refractivity contribution in [2.75, 3.05) is 19.8 Å². The Balaban J connectivity index is 4.50. The molecule has 0 spiro atoms. The van der Waals surface area contributed by atoms with Crippen LogP contribution in [0.3, 0.4) is 0 Å². The molecule has 0 aromatic rings. The van der Waals surface area contributed by atoms with Crippen molar-refractivity contribution in [3.63, 3.8) is 0 Å². The predicted molar refractivity (Wildman–Crippen MR) is 191 cm³/mol. The average molecular weight is 675 g/mol. The van der Waals surface area contributed by atoms with Crippen molar-refractivity contribution in [1.82, 2.24) is 5.32 Å². The van der Waals surface area contributed by atoms with Gasteiger partial charge in [0.25, 0.3) is 0 Å². The van der Waals surface area contributed by atoms with E-state index < -0.39 is 38.6 Å². The zero-order valence-electron chi connectivity index (χ0n) is 29.4. The summed E-state index contributed by atoms with van der Waals surface area (Å²) in [6, 6.07) is -0.993. The fourth-order valence-corrected chi connectivity index (χ4v) is 6.01. The third-order valence-corrected chi connectivity index (χ3v) is 9.07. The molecule has 9 nitrogen and oxygen atoms in total. The lowest BCUT2D eigenvalue weighted by molar-refractivity contribution is -0.124. The van der Waals surface area contributed by atoms with E-state index in [0.29, 0.717) is 12.8 Å². The van der Waals surface area contributed by atoms with Crippen molar-refractivity contribution < 1.29 is 33.5 Å². The third kappa shape index (κ3) is 30.3. The second-order valence-corrected chi connectivity index (χ2v) is 14.1. The molecule has 272 valence electrons. The Labute approximate surface area is 281 Å². The Morgan fingerprint density at radius 1 is 0.739 bits per heavy atom. The Kier molecular flexibility index (Phi) is 31.7. The van der Waals surface area contributed by atoms with Gasteiger partial charge in [-0.3, -0.25) is 13.8 Å². The molecule has 4 atom stereocenters. The highest BCUT2D eigenvalue weighted by atomic mass is 31.2. The molecule has 0 radical (unpaired) electrons. The fraction of sp³-hybridized carbons (Fsp3) is 0.861.